The molecule has 0 amide bonds. The molecule has 0 bridgehead atoms. The van der Waals surface area contributed by atoms with Crippen molar-refractivity contribution >= 4 is 11.5 Å². The summed E-state index contributed by atoms with van der Waals surface area (Å²) >= 11 is 0. The number of methoxy groups -OCH3 is 2. The van der Waals surface area contributed by atoms with Crippen molar-refractivity contribution in [2.24, 2.45) is 0 Å². The zero-order valence-corrected chi connectivity index (χ0v) is 12.3. The molecule has 2 N–H and O–H groups in total. The van der Waals surface area contributed by atoms with E-state index in [0.717, 1.165) is 16.9 Å². The lowest BCUT2D eigenvalue weighted by Crippen LogP contribution is -1.98. The molecule has 2 aromatic heterocycles. The molecule has 0 fully saturated rings. The van der Waals surface area contributed by atoms with Crippen LogP contribution in [0.4, 0.5) is 5.82 Å². The van der Waals surface area contributed by atoms with Crippen LogP contribution in [0, 0.1) is 6.92 Å². The van der Waals surface area contributed by atoms with Crippen molar-refractivity contribution in [3.8, 4) is 22.8 Å². The van der Waals surface area contributed by atoms with Gasteiger partial charge in [-0.25, -0.2) is 4.98 Å². The number of hydrogen-bond acceptors (Lipinski definition) is 4. The summed E-state index contributed by atoms with van der Waals surface area (Å²) in [5.41, 5.74) is 9.65. The van der Waals surface area contributed by atoms with Crippen LogP contribution >= 0.6 is 0 Å². The fourth-order valence-corrected chi connectivity index (χ4v) is 2.55. The van der Waals surface area contributed by atoms with Crippen LogP contribution in [0.2, 0.25) is 0 Å². The van der Waals surface area contributed by atoms with Gasteiger partial charge < -0.3 is 15.2 Å². The molecule has 0 saturated heterocycles. The van der Waals surface area contributed by atoms with E-state index in [4.69, 9.17) is 15.2 Å². The lowest BCUT2D eigenvalue weighted by Gasteiger charge is -2.11. The topological polar surface area (TPSA) is 61.8 Å². The molecular formula is C16H17N3O2. The summed E-state index contributed by atoms with van der Waals surface area (Å²) in [5.74, 6) is 1.88. The normalized spacial score (nSPS) is 10.8. The quantitative estimate of drug-likeness (QED) is 0.803. The van der Waals surface area contributed by atoms with E-state index in [-0.39, 0.29) is 0 Å². The maximum absolute atomic E-state index is 6.29. The predicted octanol–water partition coefficient (Wildman–Crippen LogP) is 2.91. The van der Waals surface area contributed by atoms with Crippen LogP contribution in [-0.2, 0) is 0 Å². The molecule has 0 radical (unpaired) electrons. The second-order valence-corrected chi connectivity index (χ2v) is 4.75. The van der Waals surface area contributed by atoms with Gasteiger partial charge in [0.05, 0.1) is 14.2 Å². The average Bonchev–Trinajstić information content (AvgIpc) is 2.84. The Morgan fingerprint density at radius 1 is 1.05 bits per heavy atom. The third kappa shape index (κ3) is 1.98. The van der Waals surface area contributed by atoms with Gasteiger partial charge in [0.15, 0.2) is 11.5 Å². The molecule has 21 heavy (non-hydrogen) atoms. The van der Waals surface area contributed by atoms with Crippen molar-refractivity contribution in [3.05, 3.63) is 42.1 Å². The Hall–Kier alpha value is -2.69. The van der Waals surface area contributed by atoms with Gasteiger partial charge in [0, 0.05) is 11.3 Å². The van der Waals surface area contributed by atoms with Gasteiger partial charge in [0.25, 0.3) is 0 Å². The molecule has 0 aliphatic rings. The minimum absolute atomic E-state index is 0.592. The summed E-state index contributed by atoms with van der Waals surface area (Å²) in [5, 5.41) is 0. The van der Waals surface area contributed by atoms with Gasteiger partial charge in [-0.3, -0.25) is 4.40 Å². The lowest BCUT2D eigenvalue weighted by atomic mass is 10.1. The van der Waals surface area contributed by atoms with Crippen LogP contribution in [-0.4, -0.2) is 23.6 Å². The number of aromatic nitrogens is 2. The average molecular weight is 283 g/mol. The number of pyridine rings is 1. The van der Waals surface area contributed by atoms with Crippen LogP contribution in [0.3, 0.4) is 0 Å². The first kappa shape index (κ1) is 13.3. The molecule has 0 unspecified atom stereocenters. The van der Waals surface area contributed by atoms with E-state index in [0.29, 0.717) is 23.0 Å². The monoisotopic (exact) mass is 283 g/mol. The third-order valence-corrected chi connectivity index (χ3v) is 3.53. The van der Waals surface area contributed by atoms with Gasteiger partial charge in [-0.05, 0) is 31.2 Å². The number of hydrogen-bond donors (Lipinski definition) is 1. The smallest absolute Gasteiger partial charge is 0.170 e. The van der Waals surface area contributed by atoms with E-state index in [2.05, 4.69) is 4.98 Å². The molecule has 0 atom stereocenters. The standard InChI is InChI=1S/C16H17N3O2/c1-10-6-4-9-13-18-14(16(17)19(10)13)11-7-5-8-12(20-2)15(11)21-3/h4-9H,17H2,1-3H3. The SMILES string of the molecule is COc1cccc(-c2nc3cccc(C)n3c2N)c1OC. The number of anilines is 1. The van der Waals surface area contributed by atoms with Crippen LogP contribution in [0.1, 0.15) is 5.69 Å². The molecule has 108 valence electrons. The van der Waals surface area contributed by atoms with Crippen molar-refractivity contribution in [2.45, 2.75) is 6.92 Å². The van der Waals surface area contributed by atoms with Gasteiger partial charge >= 0.3 is 0 Å². The summed E-state index contributed by atoms with van der Waals surface area (Å²) in [6.45, 7) is 2.00. The van der Waals surface area contributed by atoms with E-state index in [1.54, 1.807) is 14.2 Å². The highest BCUT2D eigenvalue weighted by Crippen LogP contribution is 2.39. The Bertz CT molecular complexity index is 809. The van der Waals surface area contributed by atoms with Crippen LogP contribution < -0.4 is 15.2 Å². The molecule has 2 heterocycles. The van der Waals surface area contributed by atoms with Gasteiger partial charge in [0.1, 0.15) is 17.2 Å². The zero-order valence-electron chi connectivity index (χ0n) is 12.3. The number of aryl methyl sites for hydroxylation is 1. The highest BCUT2D eigenvalue weighted by atomic mass is 16.5. The number of benzene rings is 1. The van der Waals surface area contributed by atoms with E-state index < -0.39 is 0 Å². The number of para-hydroxylation sites is 1. The molecule has 1 aromatic carbocycles. The van der Waals surface area contributed by atoms with Gasteiger partial charge in [-0.1, -0.05) is 12.1 Å². The Labute approximate surface area is 122 Å². The van der Waals surface area contributed by atoms with E-state index in [1.165, 1.54) is 0 Å². The predicted molar refractivity (Wildman–Crippen MR) is 82.9 cm³/mol. The second kappa shape index (κ2) is 5.01. The van der Waals surface area contributed by atoms with Crippen molar-refractivity contribution in [2.75, 3.05) is 20.0 Å². The fraction of sp³-hybridized carbons (Fsp3) is 0.188. The summed E-state index contributed by atoms with van der Waals surface area (Å²) in [6.07, 6.45) is 0. The minimum Gasteiger partial charge on any atom is -0.493 e. The maximum Gasteiger partial charge on any atom is 0.170 e. The van der Waals surface area contributed by atoms with Crippen molar-refractivity contribution < 1.29 is 9.47 Å². The fourth-order valence-electron chi connectivity index (χ4n) is 2.55. The molecule has 0 saturated carbocycles. The summed E-state index contributed by atoms with van der Waals surface area (Å²) in [6, 6.07) is 11.6. The van der Waals surface area contributed by atoms with Crippen molar-refractivity contribution in [3.63, 3.8) is 0 Å². The second-order valence-electron chi connectivity index (χ2n) is 4.75. The number of imidazole rings is 1. The summed E-state index contributed by atoms with van der Waals surface area (Å²) in [7, 11) is 3.22. The first-order valence-corrected chi connectivity index (χ1v) is 6.62. The number of nitrogens with two attached hydrogens (primary N) is 1. The van der Waals surface area contributed by atoms with E-state index in [1.807, 2.05) is 47.7 Å². The highest BCUT2D eigenvalue weighted by Gasteiger charge is 2.18. The Morgan fingerprint density at radius 2 is 1.81 bits per heavy atom. The number of fused-ring (bicyclic) bond motifs is 1. The third-order valence-electron chi connectivity index (χ3n) is 3.53. The number of ether oxygens (including phenoxy) is 2. The summed E-state index contributed by atoms with van der Waals surface area (Å²) in [4.78, 5) is 4.63. The molecule has 3 aromatic rings. The molecule has 5 heteroatoms. The molecule has 0 spiro atoms. The molecule has 0 aliphatic carbocycles. The van der Waals surface area contributed by atoms with Crippen LogP contribution in [0.15, 0.2) is 36.4 Å². The highest BCUT2D eigenvalue weighted by molar-refractivity contribution is 5.81. The largest absolute Gasteiger partial charge is 0.493 e. The first-order chi connectivity index (χ1) is 10.2. The Morgan fingerprint density at radius 3 is 2.48 bits per heavy atom. The molecular weight excluding hydrogens is 266 g/mol. The Kier molecular flexibility index (Phi) is 3.17. The Balaban J connectivity index is 2.31. The number of rotatable bonds is 3. The van der Waals surface area contributed by atoms with Crippen LogP contribution in [0.5, 0.6) is 11.5 Å². The van der Waals surface area contributed by atoms with Crippen molar-refractivity contribution in [1.29, 1.82) is 0 Å². The first-order valence-electron chi connectivity index (χ1n) is 6.62. The molecule has 3 rings (SSSR count). The van der Waals surface area contributed by atoms with Crippen molar-refractivity contribution in [1.82, 2.24) is 9.38 Å². The number of nitrogens with zero attached hydrogens (tertiary/aromatic N) is 2. The molecule has 5 nitrogen and oxygen atoms in total. The number of nitrogen functional groups attached to an aromatic ring is 1. The summed E-state index contributed by atoms with van der Waals surface area (Å²) < 4.78 is 12.7. The minimum atomic E-state index is 0.592. The van der Waals surface area contributed by atoms with Crippen LogP contribution in [0.25, 0.3) is 16.9 Å². The lowest BCUT2D eigenvalue weighted by molar-refractivity contribution is 0.356. The zero-order chi connectivity index (χ0) is 15.0. The maximum atomic E-state index is 6.29. The van der Waals surface area contributed by atoms with E-state index >= 15 is 0 Å². The molecule has 0 aliphatic heterocycles. The van der Waals surface area contributed by atoms with Gasteiger partial charge in [-0.15, -0.1) is 0 Å². The van der Waals surface area contributed by atoms with Gasteiger partial charge in [-0.2, -0.15) is 0 Å². The van der Waals surface area contributed by atoms with Gasteiger partial charge in [0.2, 0.25) is 0 Å². The van der Waals surface area contributed by atoms with E-state index in [9.17, 15) is 0 Å².